The Morgan fingerprint density at radius 2 is 1.88 bits per heavy atom. The lowest BCUT2D eigenvalue weighted by Gasteiger charge is -2.32. The fourth-order valence-corrected chi connectivity index (χ4v) is 3.75. The number of piperidine rings is 1. The molecule has 1 fully saturated rings. The first kappa shape index (κ1) is 20.5. The molecule has 0 bridgehead atoms. The Morgan fingerprint density at radius 3 is 2.42 bits per heavy atom. The smallest absolute Gasteiger partial charge is 0.354 e. The monoisotopic (exact) mass is 392 g/mol. The lowest BCUT2D eigenvalue weighted by atomic mass is 10.1. The van der Waals surface area contributed by atoms with Crippen molar-refractivity contribution in [3.8, 4) is 0 Å². The van der Waals surface area contributed by atoms with Gasteiger partial charge in [0, 0.05) is 32.7 Å². The molecule has 0 radical (unpaired) electrons. The molecule has 0 saturated carbocycles. The van der Waals surface area contributed by atoms with Crippen LogP contribution in [0.15, 0.2) is 29.3 Å². The number of nitrogens with one attached hydrogen (secondary N) is 2. The average molecular weight is 392 g/mol. The number of benzene rings is 1. The first-order chi connectivity index (χ1) is 12.1. The molecule has 0 unspecified atom stereocenters. The summed E-state index contributed by atoms with van der Waals surface area (Å²) < 4.78 is 61.1. The van der Waals surface area contributed by atoms with Gasteiger partial charge in [0.25, 0.3) is 0 Å². The van der Waals surface area contributed by atoms with Gasteiger partial charge in [0.1, 0.15) is 0 Å². The molecule has 2 N–H and O–H groups in total. The number of guanidine groups is 1. The van der Waals surface area contributed by atoms with Gasteiger partial charge < -0.3 is 10.6 Å². The van der Waals surface area contributed by atoms with E-state index >= 15 is 0 Å². The molecule has 0 amide bonds. The van der Waals surface area contributed by atoms with Gasteiger partial charge in [-0.25, -0.2) is 8.42 Å². The SMILES string of the molecule is CN=C(NCc1ccccc1C)NC1CCN(S(=O)(=O)C(F)(F)F)CC1. The fourth-order valence-electron chi connectivity index (χ4n) is 2.76. The zero-order valence-electron chi connectivity index (χ0n) is 14.7. The van der Waals surface area contributed by atoms with Gasteiger partial charge in [-0.05, 0) is 30.9 Å². The maximum atomic E-state index is 12.6. The Labute approximate surface area is 151 Å². The van der Waals surface area contributed by atoms with Crippen LogP contribution in [0.3, 0.4) is 0 Å². The lowest BCUT2D eigenvalue weighted by Crippen LogP contribution is -2.51. The van der Waals surface area contributed by atoms with E-state index in [0.29, 0.717) is 16.8 Å². The van der Waals surface area contributed by atoms with Crippen LogP contribution in [0.1, 0.15) is 24.0 Å². The van der Waals surface area contributed by atoms with Crippen molar-refractivity contribution in [3.63, 3.8) is 0 Å². The van der Waals surface area contributed by atoms with Crippen molar-refractivity contribution in [2.75, 3.05) is 20.1 Å². The number of rotatable bonds is 4. The van der Waals surface area contributed by atoms with Gasteiger partial charge in [0.15, 0.2) is 5.96 Å². The van der Waals surface area contributed by atoms with Gasteiger partial charge in [-0.1, -0.05) is 24.3 Å². The normalized spacial score (nSPS) is 18.0. The van der Waals surface area contributed by atoms with Crippen molar-refractivity contribution in [1.82, 2.24) is 14.9 Å². The van der Waals surface area contributed by atoms with Crippen molar-refractivity contribution in [2.24, 2.45) is 4.99 Å². The number of sulfonamides is 1. The Bertz CT molecular complexity index is 742. The minimum atomic E-state index is -5.25. The zero-order valence-corrected chi connectivity index (χ0v) is 15.5. The van der Waals surface area contributed by atoms with Crippen LogP contribution in [0.4, 0.5) is 13.2 Å². The molecular formula is C16H23F3N4O2S. The summed E-state index contributed by atoms with van der Waals surface area (Å²) in [6, 6.07) is 7.75. The predicted molar refractivity (Wildman–Crippen MR) is 94.1 cm³/mol. The molecule has 0 atom stereocenters. The Morgan fingerprint density at radius 1 is 1.27 bits per heavy atom. The standard InChI is InChI=1S/C16H23F3N4O2S/c1-12-5-3-4-6-13(12)11-21-15(20-2)22-14-7-9-23(10-8-14)26(24,25)16(17,18)19/h3-6,14H,7-11H2,1-2H3,(H2,20,21,22). The molecule has 10 heteroatoms. The molecule has 1 aromatic carbocycles. The molecule has 6 nitrogen and oxygen atoms in total. The van der Waals surface area contributed by atoms with E-state index in [-0.39, 0.29) is 32.0 Å². The van der Waals surface area contributed by atoms with E-state index in [9.17, 15) is 21.6 Å². The second kappa shape index (κ2) is 8.26. The summed E-state index contributed by atoms with van der Waals surface area (Å²) in [5.74, 6) is 0.533. The summed E-state index contributed by atoms with van der Waals surface area (Å²) >= 11 is 0. The average Bonchev–Trinajstić information content (AvgIpc) is 2.59. The third-order valence-electron chi connectivity index (χ3n) is 4.36. The highest BCUT2D eigenvalue weighted by Crippen LogP contribution is 2.28. The highest BCUT2D eigenvalue weighted by atomic mass is 32.2. The summed E-state index contributed by atoms with van der Waals surface area (Å²) in [5, 5.41) is 6.31. The Hall–Kier alpha value is -1.81. The number of aliphatic imine (C=N–C) groups is 1. The predicted octanol–water partition coefficient (Wildman–Crippen LogP) is 1.97. The van der Waals surface area contributed by atoms with Gasteiger partial charge in [0.2, 0.25) is 0 Å². The van der Waals surface area contributed by atoms with Gasteiger partial charge >= 0.3 is 15.5 Å². The molecule has 1 aliphatic rings. The number of aryl methyl sites for hydroxylation is 1. The molecule has 1 aromatic rings. The molecule has 1 aliphatic heterocycles. The molecule has 0 aromatic heterocycles. The van der Waals surface area contributed by atoms with Crippen molar-refractivity contribution in [3.05, 3.63) is 35.4 Å². The van der Waals surface area contributed by atoms with Crippen LogP contribution in [-0.2, 0) is 16.6 Å². The number of nitrogens with zero attached hydrogens (tertiary/aromatic N) is 2. The van der Waals surface area contributed by atoms with Crippen LogP contribution in [0, 0.1) is 6.92 Å². The second-order valence-electron chi connectivity index (χ2n) is 6.12. The molecule has 0 aliphatic carbocycles. The highest BCUT2D eigenvalue weighted by Gasteiger charge is 2.50. The summed E-state index contributed by atoms with van der Waals surface area (Å²) in [6.45, 7) is 2.22. The minimum Gasteiger partial charge on any atom is -0.354 e. The Kier molecular flexibility index (Phi) is 6.51. The number of halogens is 3. The van der Waals surface area contributed by atoms with E-state index in [4.69, 9.17) is 0 Å². The minimum absolute atomic E-state index is 0.141. The van der Waals surface area contributed by atoms with E-state index in [0.717, 1.165) is 11.1 Å². The maximum Gasteiger partial charge on any atom is 0.511 e. The van der Waals surface area contributed by atoms with E-state index in [2.05, 4.69) is 15.6 Å². The molecule has 26 heavy (non-hydrogen) atoms. The van der Waals surface area contributed by atoms with E-state index in [1.165, 1.54) is 0 Å². The summed E-state index contributed by atoms with van der Waals surface area (Å²) in [6.07, 6.45) is 0.556. The first-order valence-corrected chi connectivity index (χ1v) is 9.67. The quantitative estimate of drug-likeness (QED) is 0.607. The van der Waals surface area contributed by atoms with Crippen molar-refractivity contribution in [2.45, 2.75) is 37.9 Å². The summed E-state index contributed by atoms with van der Waals surface area (Å²) in [5.41, 5.74) is -3.00. The first-order valence-electron chi connectivity index (χ1n) is 8.23. The topological polar surface area (TPSA) is 73.8 Å². The van der Waals surface area contributed by atoms with Crippen LogP contribution >= 0.6 is 0 Å². The molecule has 0 spiro atoms. The molecule has 146 valence electrons. The van der Waals surface area contributed by atoms with Gasteiger partial charge in [-0.3, -0.25) is 4.99 Å². The molecule has 1 heterocycles. The third kappa shape index (κ3) is 4.88. The largest absolute Gasteiger partial charge is 0.511 e. The number of alkyl halides is 3. The number of hydrogen-bond acceptors (Lipinski definition) is 3. The van der Waals surface area contributed by atoms with Gasteiger partial charge in [0.05, 0.1) is 0 Å². The van der Waals surface area contributed by atoms with Crippen LogP contribution in [0.5, 0.6) is 0 Å². The van der Waals surface area contributed by atoms with Crippen LogP contribution < -0.4 is 10.6 Å². The van der Waals surface area contributed by atoms with Crippen molar-refractivity contribution in [1.29, 1.82) is 0 Å². The highest BCUT2D eigenvalue weighted by molar-refractivity contribution is 7.90. The van der Waals surface area contributed by atoms with E-state index in [1.807, 2.05) is 31.2 Å². The lowest BCUT2D eigenvalue weighted by molar-refractivity contribution is -0.0494. The van der Waals surface area contributed by atoms with Crippen molar-refractivity contribution >= 4 is 16.0 Å². The zero-order chi connectivity index (χ0) is 19.4. The van der Waals surface area contributed by atoms with Gasteiger partial charge in [-0.15, -0.1) is 0 Å². The summed E-state index contributed by atoms with van der Waals surface area (Å²) in [7, 11) is -3.64. The van der Waals surface area contributed by atoms with Gasteiger partial charge in [-0.2, -0.15) is 17.5 Å². The van der Waals surface area contributed by atoms with E-state index < -0.39 is 15.5 Å². The van der Waals surface area contributed by atoms with Crippen LogP contribution in [-0.4, -0.2) is 50.4 Å². The molecule has 1 saturated heterocycles. The fraction of sp³-hybridized carbons (Fsp3) is 0.562. The Balaban J connectivity index is 1.87. The van der Waals surface area contributed by atoms with Crippen LogP contribution in [0.25, 0.3) is 0 Å². The molecule has 2 rings (SSSR count). The van der Waals surface area contributed by atoms with Crippen LogP contribution in [0.2, 0.25) is 0 Å². The second-order valence-corrected chi connectivity index (χ2v) is 8.05. The number of hydrogen-bond donors (Lipinski definition) is 2. The molecular weight excluding hydrogens is 369 g/mol. The van der Waals surface area contributed by atoms with Crippen molar-refractivity contribution < 1.29 is 21.6 Å². The third-order valence-corrected chi connectivity index (χ3v) is 5.99. The summed E-state index contributed by atoms with van der Waals surface area (Å²) in [4.78, 5) is 4.12. The maximum absolute atomic E-state index is 12.6. The van der Waals surface area contributed by atoms with E-state index in [1.54, 1.807) is 7.05 Å².